The first-order chi connectivity index (χ1) is 12.2. The van der Waals surface area contributed by atoms with E-state index in [1.165, 1.54) is 17.7 Å². The summed E-state index contributed by atoms with van der Waals surface area (Å²) in [6, 6.07) is 16.8. The van der Waals surface area contributed by atoms with Crippen LogP contribution in [0.4, 0.5) is 5.69 Å². The van der Waals surface area contributed by atoms with Gasteiger partial charge in [-0.2, -0.15) is 0 Å². The fourth-order valence-corrected chi connectivity index (χ4v) is 3.44. The van der Waals surface area contributed by atoms with Crippen LogP contribution in [0.5, 0.6) is 5.75 Å². The first kappa shape index (κ1) is 18.1. The largest absolute Gasteiger partial charge is 0.494 e. The van der Waals surface area contributed by atoms with Gasteiger partial charge in [-0.15, -0.1) is 0 Å². The van der Waals surface area contributed by atoms with E-state index >= 15 is 0 Å². The predicted octanol–water partition coefficient (Wildman–Crippen LogP) is 3.42. The van der Waals surface area contributed by atoms with E-state index < -0.39 is 0 Å². The SMILES string of the molecule is CCCCOc1ccc(C[NH+]2CCN(c3cccc(Cl)c3)CC2)cc1. The van der Waals surface area contributed by atoms with Gasteiger partial charge in [0.05, 0.1) is 32.8 Å². The Morgan fingerprint density at radius 1 is 1.08 bits per heavy atom. The minimum absolute atomic E-state index is 0.812. The Bertz CT molecular complexity index is 651. The molecule has 2 aromatic carbocycles. The van der Waals surface area contributed by atoms with Gasteiger partial charge in [0.2, 0.25) is 0 Å². The second-order valence-electron chi connectivity index (χ2n) is 6.74. The molecular weight excluding hydrogens is 332 g/mol. The van der Waals surface area contributed by atoms with E-state index in [4.69, 9.17) is 16.3 Å². The number of hydrogen-bond acceptors (Lipinski definition) is 2. The third kappa shape index (κ3) is 5.38. The summed E-state index contributed by atoms with van der Waals surface area (Å²) in [5.74, 6) is 0.984. The topological polar surface area (TPSA) is 16.9 Å². The number of piperazine rings is 1. The molecule has 1 N–H and O–H groups in total. The van der Waals surface area contributed by atoms with Crippen LogP contribution < -0.4 is 14.5 Å². The highest BCUT2D eigenvalue weighted by Crippen LogP contribution is 2.19. The lowest BCUT2D eigenvalue weighted by Crippen LogP contribution is -3.13. The Morgan fingerprint density at radius 3 is 2.52 bits per heavy atom. The molecule has 3 rings (SSSR count). The standard InChI is InChI=1S/C21H27ClN2O/c1-2-3-15-25-21-9-7-18(8-10-21)17-23-11-13-24(14-12-23)20-6-4-5-19(22)16-20/h4-10,16H,2-3,11-15,17H2,1H3/p+1. The highest BCUT2D eigenvalue weighted by molar-refractivity contribution is 6.30. The van der Waals surface area contributed by atoms with Crippen molar-refractivity contribution in [3.63, 3.8) is 0 Å². The molecule has 1 saturated heterocycles. The number of nitrogens with zero attached hydrogens (tertiary/aromatic N) is 1. The molecule has 1 fully saturated rings. The molecule has 1 heterocycles. The lowest BCUT2D eigenvalue weighted by molar-refractivity contribution is -0.914. The Morgan fingerprint density at radius 2 is 1.84 bits per heavy atom. The zero-order chi connectivity index (χ0) is 17.5. The van der Waals surface area contributed by atoms with Crippen LogP contribution in [0.2, 0.25) is 5.02 Å². The average Bonchev–Trinajstić information content (AvgIpc) is 2.64. The third-order valence-electron chi connectivity index (χ3n) is 4.79. The summed E-state index contributed by atoms with van der Waals surface area (Å²) in [6.45, 7) is 8.54. The van der Waals surface area contributed by atoms with Gasteiger partial charge in [-0.05, 0) is 48.9 Å². The van der Waals surface area contributed by atoms with Gasteiger partial charge in [-0.3, -0.25) is 0 Å². The minimum atomic E-state index is 0.812. The van der Waals surface area contributed by atoms with Crippen molar-refractivity contribution in [2.75, 3.05) is 37.7 Å². The van der Waals surface area contributed by atoms with Crippen LogP contribution in [0.25, 0.3) is 0 Å². The van der Waals surface area contributed by atoms with Gasteiger partial charge in [0.15, 0.2) is 0 Å². The molecule has 0 spiro atoms. The number of nitrogens with one attached hydrogen (secondary N) is 1. The maximum absolute atomic E-state index is 6.11. The number of halogens is 1. The van der Waals surface area contributed by atoms with Crippen molar-refractivity contribution in [2.45, 2.75) is 26.3 Å². The molecule has 0 atom stereocenters. The van der Waals surface area contributed by atoms with Gasteiger partial charge in [-0.1, -0.05) is 31.0 Å². The molecule has 134 valence electrons. The van der Waals surface area contributed by atoms with E-state index in [-0.39, 0.29) is 0 Å². The summed E-state index contributed by atoms with van der Waals surface area (Å²) in [5.41, 5.74) is 2.62. The monoisotopic (exact) mass is 359 g/mol. The molecule has 0 aliphatic carbocycles. The van der Waals surface area contributed by atoms with Crippen LogP contribution in [0.1, 0.15) is 25.3 Å². The smallest absolute Gasteiger partial charge is 0.119 e. The van der Waals surface area contributed by atoms with Gasteiger partial charge in [-0.25, -0.2) is 0 Å². The highest BCUT2D eigenvalue weighted by Gasteiger charge is 2.20. The van der Waals surface area contributed by atoms with Crippen molar-refractivity contribution in [1.29, 1.82) is 0 Å². The number of benzene rings is 2. The fraction of sp³-hybridized carbons (Fsp3) is 0.429. The van der Waals surface area contributed by atoms with E-state index in [2.05, 4.69) is 48.2 Å². The van der Waals surface area contributed by atoms with Crippen molar-refractivity contribution in [3.05, 3.63) is 59.1 Å². The number of quaternary nitrogens is 1. The summed E-state index contributed by atoms with van der Waals surface area (Å²) in [7, 11) is 0. The van der Waals surface area contributed by atoms with E-state index in [1.807, 2.05) is 12.1 Å². The van der Waals surface area contributed by atoms with Crippen LogP contribution in [0, 0.1) is 0 Å². The van der Waals surface area contributed by atoms with Crippen molar-refractivity contribution >= 4 is 17.3 Å². The van der Waals surface area contributed by atoms with Gasteiger partial charge >= 0.3 is 0 Å². The molecule has 4 heteroatoms. The van der Waals surface area contributed by atoms with Gasteiger partial charge in [0.1, 0.15) is 12.3 Å². The molecule has 2 aromatic rings. The second kappa shape index (κ2) is 9.12. The average molecular weight is 360 g/mol. The molecular formula is C21H28ClN2O+. The normalized spacial score (nSPS) is 15.4. The van der Waals surface area contributed by atoms with E-state index in [0.29, 0.717) is 0 Å². The van der Waals surface area contributed by atoms with E-state index in [0.717, 1.165) is 56.5 Å². The van der Waals surface area contributed by atoms with Crippen LogP contribution in [0.15, 0.2) is 48.5 Å². The van der Waals surface area contributed by atoms with Crippen LogP contribution >= 0.6 is 11.6 Å². The molecule has 0 saturated carbocycles. The number of hydrogen-bond donors (Lipinski definition) is 1. The van der Waals surface area contributed by atoms with E-state index in [9.17, 15) is 0 Å². The van der Waals surface area contributed by atoms with Gasteiger partial charge < -0.3 is 14.5 Å². The molecule has 0 amide bonds. The van der Waals surface area contributed by atoms with Gasteiger partial charge in [0, 0.05) is 16.3 Å². The number of rotatable bonds is 7. The summed E-state index contributed by atoms with van der Waals surface area (Å²) in [4.78, 5) is 4.07. The molecule has 0 aromatic heterocycles. The molecule has 0 radical (unpaired) electrons. The highest BCUT2D eigenvalue weighted by atomic mass is 35.5. The van der Waals surface area contributed by atoms with Crippen LogP contribution in [-0.4, -0.2) is 32.8 Å². The van der Waals surface area contributed by atoms with Crippen molar-refractivity contribution in [1.82, 2.24) is 0 Å². The number of anilines is 1. The first-order valence-corrected chi connectivity index (χ1v) is 9.68. The quantitative estimate of drug-likeness (QED) is 0.763. The second-order valence-corrected chi connectivity index (χ2v) is 7.18. The Kier molecular flexibility index (Phi) is 6.60. The maximum atomic E-state index is 6.11. The summed E-state index contributed by atoms with van der Waals surface area (Å²) in [5, 5.41) is 0.813. The number of ether oxygens (including phenoxy) is 1. The molecule has 0 unspecified atom stereocenters. The zero-order valence-electron chi connectivity index (χ0n) is 15.0. The van der Waals surface area contributed by atoms with Crippen LogP contribution in [0.3, 0.4) is 0 Å². The van der Waals surface area contributed by atoms with Crippen molar-refractivity contribution in [3.8, 4) is 5.75 Å². The Balaban J connectivity index is 1.47. The number of unbranched alkanes of at least 4 members (excludes halogenated alkanes) is 1. The van der Waals surface area contributed by atoms with E-state index in [1.54, 1.807) is 4.90 Å². The minimum Gasteiger partial charge on any atom is -0.494 e. The Hall–Kier alpha value is -1.71. The van der Waals surface area contributed by atoms with Crippen LogP contribution in [-0.2, 0) is 6.54 Å². The predicted molar refractivity (Wildman–Crippen MR) is 105 cm³/mol. The molecule has 25 heavy (non-hydrogen) atoms. The van der Waals surface area contributed by atoms with Gasteiger partial charge in [0.25, 0.3) is 0 Å². The third-order valence-corrected chi connectivity index (χ3v) is 5.02. The summed E-state index contributed by atoms with van der Waals surface area (Å²) < 4.78 is 5.74. The zero-order valence-corrected chi connectivity index (χ0v) is 15.8. The molecule has 3 nitrogen and oxygen atoms in total. The molecule has 1 aliphatic heterocycles. The first-order valence-electron chi connectivity index (χ1n) is 9.30. The lowest BCUT2D eigenvalue weighted by atomic mass is 10.2. The Labute approximate surface area is 156 Å². The van der Waals surface area contributed by atoms with Crippen molar-refractivity contribution < 1.29 is 9.64 Å². The maximum Gasteiger partial charge on any atom is 0.119 e. The fourth-order valence-electron chi connectivity index (χ4n) is 3.26. The summed E-state index contributed by atoms with van der Waals surface area (Å²) in [6.07, 6.45) is 2.28. The van der Waals surface area contributed by atoms with Crippen molar-refractivity contribution in [2.24, 2.45) is 0 Å². The lowest BCUT2D eigenvalue weighted by Gasteiger charge is -2.33. The molecule has 1 aliphatic rings. The molecule has 0 bridgehead atoms. The summed E-state index contributed by atoms with van der Waals surface area (Å²) >= 11 is 6.11.